The zero-order chi connectivity index (χ0) is 16.3. The van der Waals surface area contributed by atoms with E-state index in [1.54, 1.807) is 0 Å². The second-order valence-electron chi connectivity index (χ2n) is 4.07. The lowest BCUT2D eigenvalue weighted by molar-refractivity contribution is 0.414. The van der Waals surface area contributed by atoms with E-state index in [0.717, 1.165) is 0 Å². The smallest absolute Gasteiger partial charge is 0.268 e. The Balaban J connectivity index is 2.31. The fourth-order valence-electron chi connectivity index (χ4n) is 1.55. The van der Waals surface area contributed by atoms with Crippen molar-refractivity contribution in [3.05, 3.63) is 53.6 Å². The standard InChI is InChI=1S/C13H11Cl2NO4S2/c1-20-11-4-8-13(9-5-11)22(18,19)16(15)21(17)12-6-2-10(14)3-7-12/h2-9H,1H3. The van der Waals surface area contributed by atoms with Crippen LogP contribution in [0.3, 0.4) is 0 Å². The first-order valence-electron chi connectivity index (χ1n) is 5.89. The van der Waals surface area contributed by atoms with Gasteiger partial charge in [0.25, 0.3) is 10.0 Å². The van der Waals surface area contributed by atoms with Crippen LogP contribution in [0.25, 0.3) is 0 Å². The average Bonchev–Trinajstić information content (AvgIpc) is 2.54. The van der Waals surface area contributed by atoms with Crippen molar-refractivity contribution in [3.63, 3.8) is 0 Å². The maximum atomic E-state index is 12.3. The number of nitrogens with zero attached hydrogens (tertiary/aromatic N) is 1. The lowest BCUT2D eigenvalue weighted by Gasteiger charge is -2.13. The van der Waals surface area contributed by atoms with Gasteiger partial charge in [0.05, 0.1) is 16.9 Å². The summed E-state index contributed by atoms with van der Waals surface area (Å²) >= 11 is 11.5. The summed E-state index contributed by atoms with van der Waals surface area (Å²) in [7, 11) is -4.74. The zero-order valence-corrected chi connectivity index (χ0v) is 14.4. The highest BCUT2D eigenvalue weighted by Gasteiger charge is 2.29. The van der Waals surface area contributed by atoms with E-state index >= 15 is 0 Å². The third kappa shape index (κ3) is 3.61. The minimum Gasteiger partial charge on any atom is -0.497 e. The summed E-state index contributed by atoms with van der Waals surface area (Å²) in [6.07, 6.45) is 0. The number of sulfonamides is 1. The summed E-state index contributed by atoms with van der Waals surface area (Å²) in [6.45, 7) is 0. The van der Waals surface area contributed by atoms with Crippen LogP contribution in [0, 0.1) is 0 Å². The van der Waals surface area contributed by atoms with E-state index in [0.29, 0.717) is 10.8 Å². The molecule has 5 nitrogen and oxygen atoms in total. The Hall–Kier alpha value is -1.12. The molecule has 118 valence electrons. The molecule has 0 saturated carbocycles. The van der Waals surface area contributed by atoms with Gasteiger partial charge < -0.3 is 4.74 Å². The van der Waals surface area contributed by atoms with Crippen LogP contribution in [0.4, 0.5) is 0 Å². The van der Waals surface area contributed by atoms with Gasteiger partial charge in [-0.25, -0.2) is 12.6 Å². The van der Waals surface area contributed by atoms with E-state index in [-0.39, 0.29) is 13.0 Å². The molecule has 2 aromatic rings. The van der Waals surface area contributed by atoms with E-state index in [1.165, 1.54) is 55.6 Å². The molecule has 0 aromatic heterocycles. The molecule has 0 saturated heterocycles. The van der Waals surface area contributed by atoms with E-state index in [9.17, 15) is 12.6 Å². The fraction of sp³-hybridized carbons (Fsp3) is 0.0769. The van der Waals surface area contributed by atoms with Crippen LogP contribution < -0.4 is 4.74 Å². The van der Waals surface area contributed by atoms with Gasteiger partial charge in [0.1, 0.15) is 5.75 Å². The average molecular weight is 380 g/mol. The SMILES string of the molecule is COc1ccc(S(=O)(=O)N(Cl)S(=O)c2ccc(Cl)cc2)cc1. The molecule has 1 unspecified atom stereocenters. The molecule has 0 bridgehead atoms. The minimum absolute atomic E-state index is 0.0920. The molecule has 0 fully saturated rings. The predicted molar refractivity (Wildman–Crippen MR) is 85.7 cm³/mol. The fourth-order valence-corrected chi connectivity index (χ4v) is 4.57. The maximum absolute atomic E-state index is 12.3. The van der Waals surface area contributed by atoms with Gasteiger partial charge in [0.2, 0.25) is 0 Å². The Morgan fingerprint density at radius 3 is 2.09 bits per heavy atom. The molecule has 22 heavy (non-hydrogen) atoms. The second kappa shape index (κ2) is 6.97. The molecular formula is C13H11Cl2NO4S2. The third-order valence-corrected chi connectivity index (χ3v) is 7.04. The number of rotatable bonds is 5. The topological polar surface area (TPSA) is 63.7 Å². The van der Waals surface area contributed by atoms with Gasteiger partial charge >= 0.3 is 0 Å². The normalized spacial score (nSPS) is 13.1. The molecule has 0 heterocycles. The van der Waals surface area contributed by atoms with Crippen LogP contribution in [-0.4, -0.2) is 23.0 Å². The van der Waals surface area contributed by atoms with E-state index in [2.05, 4.69) is 0 Å². The van der Waals surface area contributed by atoms with Gasteiger partial charge in [-0.1, -0.05) is 11.6 Å². The van der Waals surface area contributed by atoms with Crippen molar-refractivity contribution in [2.45, 2.75) is 9.79 Å². The molecule has 0 amide bonds. The van der Waals surface area contributed by atoms with E-state index in [4.69, 9.17) is 28.1 Å². The number of halogens is 2. The molecule has 0 aliphatic heterocycles. The highest BCUT2D eigenvalue weighted by molar-refractivity contribution is 8.02. The molecule has 0 aliphatic carbocycles. The number of methoxy groups -OCH3 is 1. The Morgan fingerprint density at radius 2 is 1.59 bits per heavy atom. The van der Waals surface area contributed by atoms with Gasteiger partial charge in [-0.2, -0.15) is 0 Å². The van der Waals surface area contributed by atoms with Gasteiger partial charge in [-0.3, -0.25) is 0 Å². The second-order valence-corrected chi connectivity index (χ2v) is 8.59. The molecule has 9 heteroatoms. The Bertz CT molecular complexity index is 777. The van der Waals surface area contributed by atoms with Gasteiger partial charge in [0.15, 0.2) is 11.0 Å². The summed E-state index contributed by atoms with van der Waals surface area (Å²) in [5, 5.41) is 0.444. The Morgan fingerprint density at radius 1 is 1.05 bits per heavy atom. The van der Waals surface area contributed by atoms with E-state index in [1.807, 2.05) is 0 Å². The van der Waals surface area contributed by atoms with Crippen LogP contribution in [0.15, 0.2) is 58.3 Å². The van der Waals surface area contributed by atoms with Gasteiger partial charge in [-0.15, -0.1) is 0 Å². The van der Waals surface area contributed by atoms with Crippen molar-refractivity contribution < 1.29 is 17.4 Å². The number of benzene rings is 2. The first-order chi connectivity index (χ1) is 10.4. The van der Waals surface area contributed by atoms with Crippen molar-refractivity contribution >= 4 is 44.4 Å². The minimum atomic E-state index is -4.11. The molecule has 0 aliphatic rings. The predicted octanol–water partition coefficient (Wildman–Crippen LogP) is 3.22. The summed E-state index contributed by atoms with van der Waals surface area (Å²) in [5.74, 6) is 0.499. The molecule has 0 radical (unpaired) electrons. The lowest BCUT2D eigenvalue weighted by atomic mass is 10.3. The quantitative estimate of drug-likeness (QED) is 0.748. The van der Waals surface area contributed by atoms with Gasteiger partial charge in [0, 0.05) is 16.8 Å². The van der Waals surface area contributed by atoms with Crippen molar-refractivity contribution in [2.75, 3.05) is 7.11 Å². The summed E-state index contributed by atoms with van der Waals surface area (Å²) in [6, 6.07) is 11.5. The van der Waals surface area contributed by atoms with Crippen molar-refractivity contribution in [1.29, 1.82) is 0 Å². The largest absolute Gasteiger partial charge is 0.497 e. The summed E-state index contributed by atoms with van der Waals surface area (Å²) in [5.41, 5.74) is 0. The van der Waals surface area contributed by atoms with Crippen LogP contribution in [-0.2, 0) is 21.0 Å². The van der Waals surface area contributed by atoms with Crippen LogP contribution >= 0.6 is 23.4 Å². The lowest BCUT2D eigenvalue weighted by Crippen LogP contribution is -2.24. The third-order valence-electron chi connectivity index (χ3n) is 2.69. The van der Waals surface area contributed by atoms with Crippen LogP contribution in [0.5, 0.6) is 5.75 Å². The van der Waals surface area contributed by atoms with Gasteiger partial charge in [-0.05, 0) is 51.8 Å². The Labute approximate surface area is 141 Å². The van der Waals surface area contributed by atoms with Crippen molar-refractivity contribution in [1.82, 2.24) is 3.23 Å². The van der Waals surface area contributed by atoms with Crippen LogP contribution in [0.1, 0.15) is 0 Å². The van der Waals surface area contributed by atoms with Crippen molar-refractivity contribution in [3.8, 4) is 5.75 Å². The summed E-state index contributed by atoms with van der Waals surface area (Å²) < 4.78 is 42.2. The molecule has 2 rings (SSSR count). The first-order valence-corrected chi connectivity index (χ1v) is 9.15. The summed E-state index contributed by atoms with van der Waals surface area (Å²) in [4.78, 5) is 0.127. The Kier molecular flexibility index (Phi) is 5.46. The van der Waals surface area contributed by atoms with Crippen molar-refractivity contribution in [2.24, 2.45) is 0 Å². The first kappa shape index (κ1) is 17.2. The molecule has 0 N–H and O–H groups in total. The highest BCUT2D eigenvalue weighted by atomic mass is 35.5. The number of hydrogen-bond acceptors (Lipinski definition) is 4. The number of ether oxygens (including phenoxy) is 1. The highest BCUT2D eigenvalue weighted by Crippen LogP contribution is 2.25. The monoisotopic (exact) mass is 379 g/mol. The molecule has 0 spiro atoms. The maximum Gasteiger partial charge on any atom is 0.268 e. The number of hydrogen-bond donors (Lipinski definition) is 0. The molecule has 1 atom stereocenters. The van der Waals surface area contributed by atoms with Crippen LogP contribution in [0.2, 0.25) is 5.02 Å². The van der Waals surface area contributed by atoms with E-state index < -0.39 is 21.0 Å². The molecule has 2 aromatic carbocycles. The zero-order valence-electron chi connectivity index (χ0n) is 11.3. The molecular weight excluding hydrogens is 369 g/mol.